The van der Waals surface area contributed by atoms with Crippen LogP contribution in [0, 0.1) is 0 Å². The summed E-state index contributed by atoms with van der Waals surface area (Å²) in [4.78, 5) is 8.33. The average Bonchev–Trinajstić information content (AvgIpc) is 2.46. The Balaban J connectivity index is 1.94. The summed E-state index contributed by atoms with van der Waals surface area (Å²) in [7, 11) is 0. The van der Waals surface area contributed by atoms with Crippen LogP contribution in [0.5, 0.6) is 0 Å². The van der Waals surface area contributed by atoms with Crippen molar-refractivity contribution in [1.29, 1.82) is 0 Å². The Bertz CT molecular complexity index is 740. The van der Waals surface area contributed by atoms with E-state index in [0.29, 0.717) is 6.42 Å². The molecule has 100 valence electrons. The van der Waals surface area contributed by atoms with E-state index < -0.39 is 6.10 Å². The molecule has 2 heterocycles. The molecule has 0 fully saturated rings. The first kappa shape index (κ1) is 13.2. The van der Waals surface area contributed by atoms with Gasteiger partial charge in [-0.3, -0.25) is 9.97 Å². The quantitative estimate of drug-likeness (QED) is 0.797. The van der Waals surface area contributed by atoms with Crippen LogP contribution in [-0.2, 0) is 6.42 Å². The minimum absolute atomic E-state index is 0.516. The molecule has 1 aromatic carbocycles. The van der Waals surface area contributed by atoms with Gasteiger partial charge in [-0.25, -0.2) is 0 Å². The molecular formula is C16H13BrN2O. The summed E-state index contributed by atoms with van der Waals surface area (Å²) in [6.45, 7) is 0. The standard InChI is InChI=1S/C16H13BrN2O/c17-13-5-11(7-18-9-13)6-16(20)15-10-19-8-12-3-1-2-4-14(12)15/h1-5,7-10,16,20H,6H2. The van der Waals surface area contributed by atoms with Crippen molar-refractivity contribution in [2.24, 2.45) is 0 Å². The highest BCUT2D eigenvalue weighted by molar-refractivity contribution is 9.10. The van der Waals surface area contributed by atoms with Crippen LogP contribution >= 0.6 is 15.9 Å². The molecule has 3 aromatic rings. The van der Waals surface area contributed by atoms with Gasteiger partial charge in [-0.2, -0.15) is 0 Å². The van der Waals surface area contributed by atoms with E-state index in [1.54, 1.807) is 18.6 Å². The molecule has 0 aliphatic heterocycles. The molecule has 1 atom stereocenters. The lowest BCUT2D eigenvalue weighted by Crippen LogP contribution is -2.03. The van der Waals surface area contributed by atoms with Gasteiger partial charge in [-0.15, -0.1) is 0 Å². The molecule has 4 heteroatoms. The third-order valence-electron chi connectivity index (χ3n) is 3.25. The zero-order valence-corrected chi connectivity index (χ0v) is 12.3. The number of fused-ring (bicyclic) bond motifs is 1. The van der Waals surface area contributed by atoms with Crippen LogP contribution < -0.4 is 0 Å². The summed E-state index contributed by atoms with van der Waals surface area (Å²) in [6, 6.07) is 9.92. The zero-order chi connectivity index (χ0) is 13.9. The van der Waals surface area contributed by atoms with Crippen molar-refractivity contribution >= 4 is 26.7 Å². The number of hydrogen-bond donors (Lipinski definition) is 1. The highest BCUT2D eigenvalue weighted by Gasteiger charge is 2.12. The second-order valence-electron chi connectivity index (χ2n) is 4.68. The number of halogens is 1. The van der Waals surface area contributed by atoms with Gasteiger partial charge in [0.1, 0.15) is 0 Å². The number of benzene rings is 1. The van der Waals surface area contributed by atoms with Gasteiger partial charge in [0.25, 0.3) is 0 Å². The fourth-order valence-electron chi connectivity index (χ4n) is 2.31. The van der Waals surface area contributed by atoms with Crippen LogP contribution in [0.15, 0.2) is 59.6 Å². The average molecular weight is 329 g/mol. The maximum absolute atomic E-state index is 10.5. The Morgan fingerprint density at radius 3 is 2.70 bits per heavy atom. The van der Waals surface area contributed by atoms with Gasteiger partial charge < -0.3 is 5.11 Å². The number of pyridine rings is 2. The Morgan fingerprint density at radius 1 is 1.05 bits per heavy atom. The van der Waals surface area contributed by atoms with E-state index in [1.807, 2.05) is 36.5 Å². The molecule has 2 aromatic heterocycles. The Kier molecular flexibility index (Phi) is 3.76. The number of aromatic nitrogens is 2. The third-order valence-corrected chi connectivity index (χ3v) is 3.68. The Morgan fingerprint density at radius 2 is 1.85 bits per heavy atom. The summed E-state index contributed by atoms with van der Waals surface area (Å²) in [5, 5.41) is 12.6. The summed E-state index contributed by atoms with van der Waals surface area (Å²) < 4.78 is 0.915. The topological polar surface area (TPSA) is 46.0 Å². The molecule has 0 aliphatic rings. The van der Waals surface area contributed by atoms with Crippen LogP contribution in [0.2, 0.25) is 0 Å². The Hall–Kier alpha value is -1.78. The molecule has 3 nitrogen and oxygen atoms in total. The fourth-order valence-corrected chi connectivity index (χ4v) is 2.72. The molecule has 0 amide bonds. The van der Waals surface area contributed by atoms with Gasteiger partial charge >= 0.3 is 0 Å². The monoisotopic (exact) mass is 328 g/mol. The first-order chi connectivity index (χ1) is 9.74. The molecule has 0 radical (unpaired) electrons. The second kappa shape index (κ2) is 5.69. The molecule has 0 aliphatic carbocycles. The van der Waals surface area contributed by atoms with E-state index in [1.165, 1.54) is 0 Å². The number of hydrogen-bond acceptors (Lipinski definition) is 3. The van der Waals surface area contributed by atoms with Crippen LogP contribution in [0.25, 0.3) is 10.8 Å². The predicted molar refractivity (Wildman–Crippen MR) is 82.3 cm³/mol. The molecule has 0 saturated carbocycles. The zero-order valence-electron chi connectivity index (χ0n) is 10.7. The van der Waals surface area contributed by atoms with E-state index in [0.717, 1.165) is 26.4 Å². The van der Waals surface area contributed by atoms with Gasteiger partial charge in [0.05, 0.1) is 6.10 Å². The summed E-state index contributed by atoms with van der Waals surface area (Å²) in [5.74, 6) is 0. The lowest BCUT2D eigenvalue weighted by atomic mass is 9.99. The Labute approximate surface area is 125 Å². The maximum atomic E-state index is 10.5. The molecule has 0 bridgehead atoms. The summed E-state index contributed by atoms with van der Waals surface area (Å²) in [5.41, 5.74) is 1.84. The molecule has 0 saturated heterocycles. The van der Waals surface area contributed by atoms with E-state index >= 15 is 0 Å². The SMILES string of the molecule is OC(Cc1cncc(Br)c1)c1cncc2ccccc12. The number of rotatable bonds is 3. The van der Waals surface area contributed by atoms with Gasteiger partial charge in [-0.05, 0) is 32.9 Å². The number of aliphatic hydroxyl groups excluding tert-OH is 1. The van der Waals surface area contributed by atoms with E-state index in [4.69, 9.17) is 0 Å². The van der Waals surface area contributed by atoms with Gasteiger partial charge in [0.15, 0.2) is 0 Å². The van der Waals surface area contributed by atoms with E-state index in [2.05, 4.69) is 25.9 Å². The largest absolute Gasteiger partial charge is 0.388 e. The molecule has 0 spiro atoms. The van der Waals surface area contributed by atoms with E-state index in [9.17, 15) is 5.11 Å². The minimum Gasteiger partial charge on any atom is -0.388 e. The molecule has 3 rings (SSSR count). The van der Waals surface area contributed by atoms with Crippen LogP contribution in [-0.4, -0.2) is 15.1 Å². The van der Waals surface area contributed by atoms with Gasteiger partial charge in [-0.1, -0.05) is 24.3 Å². The minimum atomic E-state index is -0.593. The van der Waals surface area contributed by atoms with Crippen molar-refractivity contribution < 1.29 is 5.11 Å². The third kappa shape index (κ3) is 2.71. The smallest absolute Gasteiger partial charge is 0.0851 e. The van der Waals surface area contributed by atoms with Gasteiger partial charge in [0.2, 0.25) is 0 Å². The highest BCUT2D eigenvalue weighted by atomic mass is 79.9. The van der Waals surface area contributed by atoms with Crippen molar-refractivity contribution in [3.63, 3.8) is 0 Å². The van der Waals surface area contributed by atoms with Gasteiger partial charge in [0, 0.05) is 46.6 Å². The number of aliphatic hydroxyl groups is 1. The molecule has 1 N–H and O–H groups in total. The molecule has 1 unspecified atom stereocenters. The van der Waals surface area contributed by atoms with E-state index in [-0.39, 0.29) is 0 Å². The molecular weight excluding hydrogens is 316 g/mol. The van der Waals surface area contributed by atoms with Crippen molar-refractivity contribution in [3.8, 4) is 0 Å². The van der Waals surface area contributed by atoms with Crippen LogP contribution in [0.1, 0.15) is 17.2 Å². The summed E-state index contributed by atoms with van der Waals surface area (Å²) in [6.07, 6.45) is 6.97. The van der Waals surface area contributed by atoms with Crippen molar-refractivity contribution in [1.82, 2.24) is 9.97 Å². The van der Waals surface area contributed by atoms with Crippen LogP contribution in [0.3, 0.4) is 0 Å². The van der Waals surface area contributed by atoms with Crippen molar-refractivity contribution in [2.75, 3.05) is 0 Å². The number of nitrogens with zero attached hydrogens (tertiary/aromatic N) is 2. The van der Waals surface area contributed by atoms with Crippen molar-refractivity contribution in [2.45, 2.75) is 12.5 Å². The fraction of sp³-hybridized carbons (Fsp3) is 0.125. The summed E-state index contributed by atoms with van der Waals surface area (Å²) >= 11 is 3.39. The normalized spacial score (nSPS) is 12.5. The lowest BCUT2D eigenvalue weighted by molar-refractivity contribution is 0.179. The predicted octanol–water partition coefficient (Wildman–Crippen LogP) is 3.67. The highest BCUT2D eigenvalue weighted by Crippen LogP contribution is 2.26. The van der Waals surface area contributed by atoms with Crippen LogP contribution in [0.4, 0.5) is 0 Å². The molecule has 20 heavy (non-hydrogen) atoms. The second-order valence-corrected chi connectivity index (χ2v) is 5.60. The first-order valence-corrected chi connectivity index (χ1v) is 7.13. The lowest BCUT2D eigenvalue weighted by Gasteiger charge is -2.13. The maximum Gasteiger partial charge on any atom is 0.0851 e. The first-order valence-electron chi connectivity index (χ1n) is 6.34. The van der Waals surface area contributed by atoms with Crippen molar-refractivity contribution in [3.05, 3.63) is 70.7 Å².